The summed E-state index contributed by atoms with van der Waals surface area (Å²) in [5.74, 6) is -0.190. The van der Waals surface area contributed by atoms with E-state index in [1.54, 1.807) is 17.5 Å². The van der Waals surface area contributed by atoms with Crippen LogP contribution in [0.25, 0.3) is 0 Å². The van der Waals surface area contributed by atoms with Gasteiger partial charge in [-0.15, -0.1) is 0 Å². The molecule has 0 spiro atoms. The second kappa shape index (κ2) is 7.76. The van der Waals surface area contributed by atoms with E-state index in [4.69, 9.17) is 0 Å². The van der Waals surface area contributed by atoms with Crippen LogP contribution >= 0.6 is 11.3 Å². The molecule has 1 N–H and O–H groups in total. The first-order valence-electron chi connectivity index (χ1n) is 8.59. The van der Waals surface area contributed by atoms with Crippen LogP contribution in [0, 0.1) is 0 Å². The summed E-state index contributed by atoms with van der Waals surface area (Å²) in [4.78, 5) is 22.5. The molecule has 1 aliphatic rings. The van der Waals surface area contributed by atoms with Crippen LogP contribution in [-0.2, 0) is 13.1 Å². The number of carbonyl (C=O) groups is 1. The van der Waals surface area contributed by atoms with Gasteiger partial charge in [-0.2, -0.15) is 16.4 Å². The maximum absolute atomic E-state index is 12.1. The minimum Gasteiger partial charge on any atom is -0.351 e. The Kier molecular flexibility index (Phi) is 5.03. The van der Waals surface area contributed by atoms with Crippen molar-refractivity contribution in [2.75, 3.05) is 13.1 Å². The van der Waals surface area contributed by atoms with E-state index >= 15 is 0 Å². The molecule has 0 saturated carbocycles. The quantitative estimate of drug-likeness (QED) is 0.721. The van der Waals surface area contributed by atoms with E-state index in [1.165, 1.54) is 23.7 Å². The maximum atomic E-state index is 12.1. The van der Waals surface area contributed by atoms with Crippen molar-refractivity contribution >= 4 is 17.2 Å². The van der Waals surface area contributed by atoms with Gasteiger partial charge in [-0.1, -0.05) is 0 Å². The van der Waals surface area contributed by atoms with Crippen LogP contribution in [0.4, 0.5) is 0 Å². The highest BCUT2D eigenvalue weighted by atomic mass is 32.1. The fraction of sp³-hybridized carbons (Fsp3) is 0.333. The zero-order valence-electron chi connectivity index (χ0n) is 14.3. The highest BCUT2D eigenvalue weighted by molar-refractivity contribution is 7.07. The first-order valence-corrected chi connectivity index (χ1v) is 9.54. The number of fused-ring (bicyclic) bond motifs is 1. The molecule has 0 aliphatic carbocycles. The molecule has 1 aliphatic heterocycles. The molecule has 1 atom stereocenters. The zero-order valence-corrected chi connectivity index (χ0v) is 15.1. The first kappa shape index (κ1) is 16.9. The highest BCUT2D eigenvalue weighted by Crippen LogP contribution is 2.24. The lowest BCUT2D eigenvalue weighted by atomic mass is 10.1. The summed E-state index contributed by atoms with van der Waals surface area (Å²) in [6.07, 6.45) is 7.23. The van der Waals surface area contributed by atoms with Gasteiger partial charge < -0.3 is 5.32 Å². The van der Waals surface area contributed by atoms with Crippen molar-refractivity contribution in [2.45, 2.75) is 25.6 Å². The number of hydrogen-bond donors (Lipinski definition) is 1. The third-order valence-corrected chi connectivity index (χ3v) is 5.23. The van der Waals surface area contributed by atoms with E-state index in [0.717, 1.165) is 26.1 Å². The Morgan fingerprint density at radius 3 is 3.08 bits per heavy atom. The monoisotopic (exact) mass is 368 g/mol. The normalized spacial score (nSPS) is 17.0. The number of nitrogens with one attached hydrogen (secondary N) is 1. The van der Waals surface area contributed by atoms with Gasteiger partial charge in [-0.25, -0.2) is 4.98 Å². The molecule has 26 heavy (non-hydrogen) atoms. The fourth-order valence-electron chi connectivity index (χ4n) is 3.30. The van der Waals surface area contributed by atoms with E-state index in [2.05, 4.69) is 52.9 Å². The Balaban J connectivity index is 1.37. The minimum absolute atomic E-state index is 0.190. The average Bonchev–Trinajstić information content (AvgIpc) is 3.34. The van der Waals surface area contributed by atoms with Gasteiger partial charge in [0.25, 0.3) is 5.91 Å². The summed E-state index contributed by atoms with van der Waals surface area (Å²) in [5.41, 5.74) is 2.91. The molecule has 1 unspecified atom stereocenters. The van der Waals surface area contributed by atoms with Crippen LogP contribution in [0.2, 0.25) is 0 Å². The van der Waals surface area contributed by atoms with Gasteiger partial charge in [0.2, 0.25) is 0 Å². The Labute approximate surface area is 155 Å². The van der Waals surface area contributed by atoms with Gasteiger partial charge in [0.05, 0.1) is 17.9 Å². The molecule has 134 valence electrons. The number of hydrogen-bond acceptors (Lipinski definition) is 6. The SMILES string of the molecule is O=C(NCCC1CN(Cc2ccsc2)Cc2ccnn21)c1cnccn1. The average molecular weight is 368 g/mol. The molecule has 1 amide bonds. The number of rotatable bonds is 6. The molecule has 3 aromatic rings. The second-order valence-electron chi connectivity index (χ2n) is 6.36. The van der Waals surface area contributed by atoms with Gasteiger partial charge >= 0.3 is 0 Å². The van der Waals surface area contributed by atoms with Crippen molar-refractivity contribution in [1.82, 2.24) is 30.0 Å². The smallest absolute Gasteiger partial charge is 0.271 e. The lowest BCUT2D eigenvalue weighted by Crippen LogP contribution is -2.39. The van der Waals surface area contributed by atoms with Crippen LogP contribution < -0.4 is 5.32 Å². The van der Waals surface area contributed by atoms with Crippen molar-refractivity contribution in [3.8, 4) is 0 Å². The molecule has 3 aromatic heterocycles. The largest absolute Gasteiger partial charge is 0.351 e. The summed E-state index contributed by atoms with van der Waals surface area (Å²) in [6.45, 7) is 3.34. The molecule has 0 radical (unpaired) electrons. The lowest BCUT2D eigenvalue weighted by Gasteiger charge is -2.33. The van der Waals surface area contributed by atoms with E-state index in [9.17, 15) is 4.79 Å². The molecule has 4 heterocycles. The number of carbonyl (C=O) groups excluding carboxylic acids is 1. The van der Waals surface area contributed by atoms with Crippen molar-refractivity contribution < 1.29 is 4.79 Å². The van der Waals surface area contributed by atoms with Gasteiger partial charge in [0, 0.05) is 44.8 Å². The molecule has 4 rings (SSSR count). The van der Waals surface area contributed by atoms with Crippen LogP contribution in [0.3, 0.4) is 0 Å². The van der Waals surface area contributed by atoms with Gasteiger partial charge in [0.1, 0.15) is 5.69 Å². The third-order valence-electron chi connectivity index (χ3n) is 4.50. The summed E-state index contributed by atoms with van der Waals surface area (Å²) >= 11 is 1.73. The van der Waals surface area contributed by atoms with Crippen LogP contribution in [0.15, 0.2) is 47.7 Å². The number of amides is 1. The Morgan fingerprint density at radius 1 is 1.31 bits per heavy atom. The van der Waals surface area contributed by atoms with Crippen LogP contribution in [-0.4, -0.2) is 43.6 Å². The summed E-state index contributed by atoms with van der Waals surface area (Å²) in [6, 6.07) is 4.49. The van der Waals surface area contributed by atoms with Crippen LogP contribution in [0.5, 0.6) is 0 Å². The first-order chi connectivity index (χ1) is 12.8. The second-order valence-corrected chi connectivity index (χ2v) is 7.14. The summed E-state index contributed by atoms with van der Waals surface area (Å²) in [7, 11) is 0. The minimum atomic E-state index is -0.190. The summed E-state index contributed by atoms with van der Waals surface area (Å²) < 4.78 is 2.10. The molecule has 0 fully saturated rings. The maximum Gasteiger partial charge on any atom is 0.271 e. The zero-order chi connectivity index (χ0) is 17.8. The van der Waals surface area contributed by atoms with Crippen molar-refractivity contribution in [3.05, 3.63) is 64.6 Å². The predicted octanol–water partition coefficient (Wildman–Crippen LogP) is 2.11. The predicted molar refractivity (Wildman–Crippen MR) is 98.7 cm³/mol. The van der Waals surface area contributed by atoms with E-state index in [1.807, 2.05) is 6.20 Å². The number of aromatic nitrogens is 4. The molecular formula is C18H20N6OS. The molecule has 0 saturated heterocycles. The highest BCUT2D eigenvalue weighted by Gasteiger charge is 2.25. The Hall–Kier alpha value is -2.58. The molecule has 0 aromatic carbocycles. The van der Waals surface area contributed by atoms with Crippen molar-refractivity contribution in [3.63, 3.8) is 0 Å². The molecule has 0 bridgehead atoms. The molecule has 8 heteroatoms. The van der Waals surface area contributed by atoms with Crippen LogP contribution in [0.1, 0.15) is 34.2 Å². The topological polar surface area (TPSA) is 75.9 Å². The Morgan fingerprint density at radius 2 is 2.27 bits per heavy atom. The molecule has 7 nitrogen and oxygen atoms in total. The van der Waals surface area contributed by atoms with Gasteiger partial charge in [-0.3, -0.25) is 19.4 Å². The number of thiophene rings is 1. The third kappa shape index (κ3) is 3.81. The summed E-state index contributed by atoms with van der Waals surface area (Å²) in [5, 5.41) is 11.7. The Bertz CT molecular complexity index is 848. The van der Waals surface area contributed by atoms with E-state index < -0.39 is 0 Å². The van der Waals surface area contributed by atoms with Crippen molar-refractivity contribution in [2.24, 2.45) is 0 Å². The standard InChI is InChI=1S/C18H20N6OS/c25-18(17-9-19-6-7-20-17)21-4-1-15-11-23(10-14-3-8-26-13-14)12-16-2-5-22-24(15)16/h2-3,5-9,13,15H,1,4,10-12H2,(H,21,25). The lowest BCUT2D eigenvalue weighted by molar-refractivity contribution is 0.0941. The number of nitrogens with zero attached hydrogens (tertiary/aromatic N) is 5. The van der Waals surface area contributed by atoms with E-state index in [-0.39, 0.29) is 11.9 Å². The van der Waals surface area contributed by atoms with E-state index in [0.29, 0.717) is 12.2 Å². The fourth-order valence-corrected chi connectivity index (χ4v) is 3.96. The van der Waals surface area contributed by atoms with Crippen molar-refractivity contribution in [1.29, 1.82) is 0 Å². The van der Waals surface area contributed by atoms with Gasteiger partial charge in [0.15, 0.2) is 0 Å². The molecular weight excluding hydrogens is 348 g/mol. The van der Waals surface area contributed by atoms with Gasteiger partial charge in [-0.05, 0) is 34.9 Å².